The van der Waals surface area contributed by atoms with E-state index in [-0.39, 0.29) is 11.1 Å². The molecule has 0 bridgehead atoms. The van der Waals surface area contributed by atoms with Crippen molar-refractivity contribution in [3.8, 4) is 23.1 Å². The Balaban J connectivity index is 1.81. The molecule has 2 atom stereocenters. The molecule has 0 spiro atoms. The Labute approximate surface area is 200 Å². The van der Waals surface area contributed by atoms with Crippen LogP contribution in [-0.4, -0.2) is 29.7 Å². The minimum atomic E-state index is -4.73. The Morgan fingerprint density at radius 1 is 1.00 bits per heavy atom. The predicted molar refractivity (Wildman–Crippen MR) is 125 cm³/mol. The van der Waals surface area contributed by atoms with Gasteiger partial charge in [-0.25, -0.2) is 4.98 Å². The number of alkyl halides is 3. The Morgan fingerprint density at radius 2 is 1.63 bits per heavy atom. The van der Waals surface area contributed by atoms with Crippen molar-refractivity contribution >= 4 is 11.5 Å². The van der Waals surface area contributed by atoms with Crippen molar-refractivity contribution < 1.29 is 22.7 Å². The van der Waals surface area contributed by atoms with Crippen LogP contribution in [0.25, 0.3) is 16.7 Å². The average molecular weight is 477 g/mol. The Kier molecular flexibility index (Phi) is 6.61. The highest BCUT2D eigenvalue weighted by molar-refractivity contribution is 6.08. The summed E-state index contributed by atoms with van der Waals surface area (Å²) in [4.78, 5) is 16.7. The Morgan fingerprint density at radius 3 is 2.17 bits per heavy atom. The molecule has 1 aliphatic heterocycles. The molecular formula is C27H22F3N3O2. The van der Waals surface area contributed by atoms with E-state index in [0.29, 0.717) is 23.6 Å². The highest BCUT2D eigenvalue weighted by atomic mass is 19.4. The molecule has 2 aromatic carbocycles. The zero-order chi connectivity index (χ0) is 25.2. The topological polar surface area (TPSA) is 75.0 Å². The highest BCUT2D eigenvalue weighted by Crippen LogP contribution is 2.45. The maximum atomic E-state index is 14.1. The van der Waals surface area contributed by atoms with E-state index in [1.165, 1.54) is 0 Å². The third-order valence-electron chi connectivity index (χ3n) is 5.89. The number of hydrogen-bond acceptors (Lipinski definition) is 4. The minimum absolute atomic E-state index is 0.0639. The van der Waals surface area contributed by atoms with Crippen LogP contribution in [0.15, 0.2) is 72.4 Å². The standard InChI is InChI=1S/C27H22F3N3O2/c1-3-35-22-13-12-20(15-32-22)17-8-10-19(11-9-17)24-23(18-6-4-16(2)5-7-18)21(14-31)26(34)33-25(24)27(28,29)30/h4-13,15,24-25H,3H2,1-2H3,(H,33,34). The van der Waals surface area contributed by atoms with E-state index in [9.17, 15) is 23.2 Å². The van der Waals surface area contributed by atoms with Crippen molar-refractivity contribution in [2.45, 2.75) is 32.0 Å². The summed E-state index contributed by atoms with van der Waals surface area (Å²) in [7, 11) is 0. The molecule has 4 rings (SSSR count). The first kappa shape index (κ1) is 24.0. The van der Waals surface area contributed by atoms with Gasteiger partial charge in [0.2, 0.25) is 5.88 Å². The second-order valence-corrected chi connectivity index (χ2v) is 8.18. The Bertz CT molecular complexity index is 1290. The van der Waals surface area contributed by atoms with Crippen LogP contribution in [0.1, 0.15) is 29.5 Å². The van der Waals surface area contributed by atoms with Gasteiger partial charge in [0, 0.05) is 23.7 Å². The van der Waals surface area contributed by atoms with Crippen LogP contribution in [0.5, 0.6) is 5.88 Å². The van der Waals surface area contributed by atoms with Gasteiger partial charge in [0.1, 0.15) is 17.7 Å². The van der Waals surface area contributed by atoms with E-state index < -0.39 is 24.0 Å². The molecule has 1 aliphatic rings. The van der Waals surface area contributed by atoms with Crippen molar-refractivity contribution in [3.05, 3.63) is 89.1 Å². The van der Waals surface area contributed by atoms with Crippen LogP contribution in [0.3, 0.4) is 0 Å². The van der Waals surface area contributed by atoms with E-state index in [1.807, 2.05) is 31.3 Å². The van der Waals surface area contributed by atoms with Gasteiger partial charge < -0.3 is 10.1 Å². The molecule has 2 heterocycles. The summed E-state index contributed by atoms with van der Waals surface area (Å²) >= 11 is 0. The SMILES string of the molecule is CCOc1ccc(-c2ccc(C3C(c4ccc(C)cc4)=C(C#N)C(=O)NC3C(F)(F)F)cc2)cn1. The molecule has 1 amide bonds. The monoisotopic (exact) mass is 477 g/mol. The van der Waals surface area contributed by atoms with Gasteiger partial charge in [0.05, 0.1) is 6.61 Å². The predicted octanol–water partition coefficient (Wildman–Crippen LogP) is 5.58. The van der Waals surface area contributed by atoms with E-state index in [1.54, 1.807) is 60.8 Å². The summed E-state index contributed by atoms with van der Waals surface area (Å²) in [6.45, 7) is 4.19. The fourth-order valence-electron chi connectivity index (χ4n) is 4.21. The number of aryl methyl sites for hydroxylation is 1. The lowest BCUT2D eigenvalue weighted by Gasteiger charge is -2.36. The van der Waals surface area contributed by atoms with Crippen LogP contribution in [0.2, 0.25) is 0 Å². The molecule has 1 aromatic heterocycles. The molecule has 5 nitrogen and oxygen atoms in total. The first-order valence-corrected chi connectivity index (χ1v) is 11.0. The van der Waals surface area contributed by atoms with Crippen LogP contribution >= 0.6 is 0 Å². The number of aromatic nitrogens is 1. The number of nitriles is 1. The Hall–Kier alpha value is -4.12. The molecule has 3 aromatic rings. The molecule has 35 heavy (non-hydrogen) atoms. The molecule has 0 saturated carbocycles. The molecule has 0 aliphatic carbocycles. The number of halogens is 3. The summed E-state index contributed by atoms with van der Waals surface area (Å²) in [6, 6.07) is 16.5. The van der Waals surface area contributed by atoms with Crippen LogP contribution < -0.4 is 10.1 Å². The van der Waals surface area contributed by atoms with Gasteiger partial charge in [-0.1, -0.05) is 54.1 Å². The zero-order valence-corrected chi connectivity index (χ0v) is 19.1. The summed E-state index contributed by atoms with van der Waals surface area (Å²) in [5.74, 6) is -1.84. The second-order valence-electron chi connectivity index (χ2n) is 8.18. The number of rotatable bonds is 5. The second kappa shape index (κ2) is 9.63. The van der Waals surface area contributed by atoms with Crippen molar-refractivity contribution in [1.82, 2.24) is 10.3 Å². The van der Waals surface area contributed by atoms with Gasteiger partial charge in [0.15, 0.2) is 0 Å². The zero-order valence-electron chi connectivity index (χ0n) is 19.1. The number of carbonyl (C=O) groups excluding carboxylic acids is 1. The lowest BCUT2D eigenvalue weighted by atomic mass is 9.76. The summed E-state index contributed by atoms with van der Waals surface area (Å²) < 4.78 is 47.8. The van der Waals surface area contributed by atoms with Crippen molar-refractivity contribution in [1.29, 1.82) is 5.26 Å². The lowest BCUT2D eigenvalue weighted by molar-refractivity contribution is -0.163. The van der Waals surface area contributed by atoms with Crippen molar-refractivity contribution in [2.75, 3.05) is 6.61 Å². The summed E-state index contributed by atoms with van der Waals surface area (Å²) in [6.07, 6.45) is -3.10. The first-order chi connectivity index (χ1) is 16.7. The van der Waals surface area contributed by atoms with Gasteiger partial charge in [-0.05, 0) is 42.2 Å². The molecule has 178 valence electrons. The maximum Gasteiger partial charge on any atom is 0.409 e. The van der Waals surface area contributed by atoms with E-state index in [4.69, 9.17) is 4.74 Å². The largest absolute Gasteiger partial charge is 0.478 e. The number of pyridine rings is 1. The van der Waals surface area contributed by atoms with Gasteiger partial charge in [-0.15, -0.1) is 0 Å². The lowest BCUT2D eigenvalue weighted by Crippen LogP contribution is -2.53. The van der Waals surface area contributed by atoms with Gasteiger partial charge >= 0.3 is 6.18 Å². The third kappa shape index (κ3) is 4.90. The number of amides is 1. The summed E-state index contributed by atoms with van der Waals surface area (Å²) in [5.41, 5.74) is 2.92. The number of ether oxygens (including phenoxy) is 1. The quantitative estimate of drug-likeness (QED) is 0.521. The minimum Gasteiger partial charge on any atom is -0.478 e. The van der Waals surface area contributed by atoms with Gasteiger partial charge in [0.25, 0.3) is 5.91 Å². The number of nitrogens with zero attached hydrogens (tertiary/aromatic N) is 2. The normalized spacial score (nSPS) is 18.1. The molecule has 0 saturated heterocycles. The fraction of sp³-hybridized carbons (Fsp3) is 0.222. The average Bonchev–Trinajstić information content (AvgIpc) is 2.84. The van der Waals surface area contributed by atoms with Crippen LogP contribution in [0.4, 0.5) is 13.2 Å². The molecule has 1 N–H and O–H groups in total. The van der Waals surface area contributed by atoms with E-state index in [0.717, 1.165) is 16.7 Å². The maximum absolute atomic E-state index is 14.1. The van der Waals surface area contributed by atoms with E-state index in [2.05, 4.69) is 4.98 Å². The third-order valence-corrected chi connectivity index (χ3v) is 5.89. The number of nitrogens with one attached hydrogen (secondary N) is 1. The molecule has 8 heteroatoms. The van der Waals surface area contributed by atoms with Gasteiger partial charge in [-0.2, -0.15) is 18.4 Å². The van der Waals surface area contributed by atoms with E-state index >= 15 is 0 Å². The number of benzene rings is 2. The van der Waals surface area contributed by atoms with Crippen molar-refractivity contribution in [2.24, 2.45) is 0 Å². The highest BCUT2D eigenvalue weighted by Gasteiger charge is 2.51. The van der Waals surface area contributed by atoms with Gasteiger partial charge in [-0.3, -0.25) is 4.79 Å². The smallest absolute Gasteiger partial charge is 0.409 e. The van der Waals surface area contributed by atoms with Crippen LogP contribution in [0, 0.1) is 18.3 Å². The molecule has 2 unspecified atom stereocenters. The fourth-order valence-corrected chi connectivity index (χ4v) is 4.21. The number of hydrogen-bond donors (Lipinski definition) is 1. The molecule has 0 fully saturated rings. The molecular weight excluding hydrogens is 455 g/mol. The number of carbonyl (C=O) groups is 1. The molecule has 0 radical (unpaired) electrons. The summed E-state index contributed by atoms with van der Waals surface area (Å²) in [5, 5.41) is 11.7. The first-order valence-electron chi connectivity index (χ1n) is 11.0. The van der Waals surface area contributed by atoms with Crippen molar-refractivity contribution in [3.63, 3.8) is 0 Å². The van der Waals surface area contributed by atoms with Crippen LogP contribution in [-0.2, 0) is 4.79 Å².